The Labute approximate surface area is 118 Å². The van der Waals surface area contributed by atoms with Crippen molar-refractivity contribution >= 4 is 11.3 Å². The Morgan fingerprint density at radius 2 is 2.21 bits per heavy atom. The molecule has 1 N–H and O–H groups in total. The Morgan fingerprint density at radius 3 is 2.79 bits per heavy atom. The second kappa shape index (κ2) is 4.76. The third-order valence-corrected chi connectivity index (χ3v) is 4.29. The molecule has 1 fully saturated rings. The summed E-state index contributed by atoms with van der Waals surface area (Å²) in [5.41, 5.74) is 1.42. The Hall–Kier alpha value is -1.13. The molecule has 0 unspecified atom stereocenters. The summed E-state index contributed by atoms with van der Waals surface area (Å²) >= 11 is 1.76. The highest BCUT2D eigenvalue weighted by Gasteiger charge is 2.30. The number of nitrogens with zero attached hydrogens (tertiary/aromatic N) is 1. The van der Waals surface area contributed by atoms with Crippen LogP contribution >= 0.6 is 11.3 Å². The van der Waals surface area contributed by atoms with Crippen LogP contribution in [0.15, 0.2) is 22.8 Å². The van der Waals surface area contributed by atoms with Crippen LogP contribution in [-0.4, -0.2) is 10.5 Å². The number of hydrogen-bond donors (Lipinski definition) is 1. The minimum Gasteiger partial charge on any atom is -0.462 e. The van der Waals surface area contributed by atoms with Crippen molar-refractivity contribution in [3.63, 3.8) is 0 Å². The molecule has 4 heteroatoms. The van der Waals surface area contributed by atoms with Crippen LogP contribution in [0, 0.1) is 0 Å². The molecule has 0 amide bonds. The fourth-order valence-electron chi connectivity index (χ4n) is 2.02. The molecule has 0 saturated heterocycles. The van der Waals surface area contributed by atoms with Gasteiger partial charge in [-0.3, -0.25) is 0 Å². The summed E-state index contributed by atoms with van der Waals surface area (Å²) in [5.74, 6) is 1.56. The van der Waals surface area contributed by atoms with E-state index in [1.165, 1.54) is 23.4 Å². The molecule has 2 aromatic rings. The molecular formula is C15H20N2OS. The first kappa shape index (κ1) is 12.9. The summed E-state index contributed by atoms with van der Waals surface area (Å²) in [6, 6.07) is 3.90. The fraction of sp³-hybridized carbons (Fsp3) is 0.533. The Balaban J connectivity index is 1.85. The van der Waals surface area contributed by atoms with Crippen LogP contribution in [0.4, 0.5) is 0 Å². The molecule has 2 heterocycles. The van der Waals surface area contributed by atoms with E-state index in [9.17, 15) is 0 Å². The van der Waals surface area contributed by atoms with Crippen molar-refractivity contribution in [2.75, 3.05) is 0 Å². The van der Waals surface area contributed by atoms with Crippen LogP contribution in [0.2, 0.25) is 0 Å². The van der Waals surface area contributed by atoms with Gasteiger partial charge in [-0.1, -0.05) is 0 Å². The number of furan rings is 1. The molecule has 3 nitrogen and oxygen atoms in total. The average molecular weight is 276 g/mol. The Morgan fingerprint density at radius 1 is 1.42 bits per heavy atom. The van der Waals surface area contributed by atoms with Crippen LogP contribution in [0.5, 0.6) is 0 Å². The van der Waals surface area contributed by atoms with E-state index < -0.39 is 0 Å². The van der Waals surface area contributed by atoms with Gasteiger partial charge >= 0.3 is 0 Å². The summed E-state index contributed by atoms with van der Waals surface area (Å²) in [6.45, 7) is 7.47. The van der Waals surface area contributed by atoms with Gasteiger partial charge in [0.25, 0.3) is 0 Å². The normalized spacial score (nSPS) is 15.9. The van der Waals surface area contributed by atoms with Crippen molar-refractivity contribution < 1.29 is 4.42 Å². The Kier molecular flexibility index (Phi) is 3.23. The summed E-state index contributed by atoms with van der Waals surface area (Å²) in [4.78, 5) is 6.16. The van der Waals surface area contributed by atoms with E-state index in [0.717, 1.165) is 17.3 Å². The molecule has 1 aliphatic rings. The van der Waals surface area contributed by atoms with Crippen LogP contribution in [-0.2, 0) is 6.54 Å². The molecular weight excluding hydrogens is 256 g/mol. The van der Waals surface area contributed by atoms with Crippen LogP contribution in [0.25, 0.3) is 10.8 Å². The summed E-state index contributed by atoms with van der Waals surface area (Å²) < 4.78 is 5.46. The van der Waals surface area contributed by atoms with Gasteiger partial charge in [0, 0.05) is 22.9 Å². The van der Waals surface area contributed by atoms with Crippen LogP contribution in [0.3, 0.4) is 0 Å². The van der Waals surface area contributed by atoms with Crippen molar-refractivity contribution in [3.8, 4) is 10.8 Å². The molecule has 0 aromatic carbocycles. The molecule has 0 spiro atoms. The minimum absolute atomic E-state index is 0.135. The van der Waals surface area contributed by atoms with Gasteiger partial charge in [-0.25, -0.2) is 4.98 Å². The molecule has 2 aromatic heterocycles. The summed E-state index contributed by atoms with van der Waals surface area (Å²) in [7, 11) is 0. The van der Waals surface area contributed by atoms with Crippen LogP contribution < -0.4 is 5.32 Å². The maximum atomic E-state index is 5.46. The smallest absolute Gasteiger partial charge is 0.162 e. The van der Waals surface area contributed by atoms with Crippen molar-refractivity contribution in [2.45, 2.75) is 51.6 Å². The van der Waals surface area contributed by atoms with Gasteiger partial charge in [0.2, 0.25) is 0 Å². The third-order valence-electron chi connectivity index (χ3n) is 3.20. The number of rotatable bonds is 4. The van der Waals surface area contributed by atoms with E-state index in [1.807, 2.05) is 12.1 Å². The van der Waals surface area contributed by atoms with E-state index >= 15 is 0 Å². The van der Waals surface area contributed by atoms with Gasteiger partial charge in [-0.2, -0.15) is 0 Å². The van der Waals surface area contributed by atoms with Gasteiger partial charge in [0.1, 0.15) is 0 Å². The molecule has 0 bridgehead atoms. The molecule has 19 heavy (non-hydrogen) atoms. The Bertz CT molecular complexity index is 547. The highest BCUT2D eigenvalue weighted by atomic mass is 32.1. The zero-order valence-electron chi connectivity index (χ0n) is 11.7. The van der Waals surface area contributed by atoms with Gasteiger partial charge in [0.15, 0.2) is 10.8 Å². The lowest BCUT2D eigenvalue weighted by Crippen LogP contribution is -2.35. The maximum absolute atomic E-state index is 5.46. The lowest BCUT2D eigenvalue weighted by Gasteiger charge is -2.20. The van der Waals surface area contributed by atoms with Gasteiger partial charge in [-0.05, 0) is 45.7 Å². The first-order chi connectivity index (χ1) is 9.03. The predicted octanol–water partition coefficient (Wildman–Crippen LogP) is 4.17. The van der Waals surface area contributed by atoms with E-state index in [4.69, 9.17) is 9.40 Å². The lowest BCUT2D eigenvalue weighted by atomic mass is 10.1. The minimum atomic E-state index is 0.135. The standard InChI is InChI=1S/C15H20N2OS/c1-15(2,3)16-9-12-13(10-6-7-10)17-14(19-12)11-5-4-8-18-11/h4-5,8,10,16H,6-7,9H2,1-3H3. The molecule has 1 aliphatic carbocycles. The fourth-order valence-corrected chi connectivity index (χ4v) is 3.07. The first-order valence-corrected chi connectivity index (χ1v) is 7.63. The molecule has 0 aliphatic heterocycles. The van der Waals surface area contributed by atoms with Crippen molar-refractivity contribution in [1.82, 2.24) is 10.3 Å². The van der Waals surface area contributed by atoms with Crippen molar-refractivity contribution in [3.05, 3.63) is 29.0 Å². The van der Waals surface area contributed by atoms with Crippen molar-refractivity contribution in [2.24, 2.45) is 0 Å². The number of hydrogen-bond acceptors (Lipinski definition) is 4. The zero-order chi connectivity index (χ0) is 13.5. The quantitative estimate of drug-likeness (QED) is 0.910. The monoisotopic (exact) mass is 276 g/mol. The van der Waals surface area contributed by atoms with Gasteiger partial charge in [0.05, 0.1) is 12.0 Å². The van der Waals surface area contributed by atoms with E-state index in [2.05, 4.69) is 26.1 Å². The lowest BCUT2D eigenvalue weighted by molar-refractivity contribution is 0.425. The van der Waals surface area contributed by atoms with Crippen molar-refractivity contribution in [1.29, 1.82) is 0 Å². The van der Waals surface area contributed by atoms with Gasteiger partial charge in [-0.15, -0.1) is 11.3 Å². The molecule has 0 radical (unpaired) electrons. The largest absolute Gasteiger partial charge is 0.462 e. The van der Waals surface area contributed by atoms with E-state index in [1.54, 1.807) is 17.6 Å². The highest BCUT2D eigenvalue weighted by molar-refractivity contribution is 7.15. The molecule has 3 rings (SSSR count). The average Bonchev–Trinajstić information content (AvgIpc) is 2.90. The second-order valence-electron chi connectivity index (χ2n) is 6.18. The topological polar surface area (TPSA) is 38.1 Å². The van der Waals surface area contributed by atoms with Crippen LogP contribution in [0.1, 0.15) is 50.1 Å². The molecule has 102 valence electrons. The number of thiazole rings is 1. The molecule has 1 saturated carbocycles. The maximum Gasteiger partial charge on any atom is 0.162 e. The first-order valence-electron chi connectivity index (χ1n) is 6.81. The van der Waals surface area contributed by atoms with Gasteiger partial charge < -0.3 is 9.73 Å². The van der Waals surface area contributed by atoms with E-state index in [0.29, 0.717) is 5.92 Å². The van der Waals surface area contributed by atoms with E-state index in [-0.39, 0.29) is 5.54 Å². The third kappa shape index (κ3) is 3.07. The second-order valence-corrected chi connectivity index (χ2v) is 7.27. The zero-order valence-corrected chi connectivity index (χ0v) is 12.5. The summed E-state index contributed by atoms with van der Waals surface area (Å²) in [6.07, 6.45) is 4.27. The number of aromatic nitrogens is 1. The number of nitrogens with one attached hydrogen (secondary N) is 1. The summed E-state index contributed by atoms with van der Waals surface area (Å²) in [5, 5.41) is 4.57. The predicted molar refractivity (Wildman–Crippen MR) is 78.4 cm³/mol. The highest BCUT2D eigenvalue weighted by Crippen LogP contribution is 2.44. The SMILES string of the molecule is CC(C)(C)NCc1sc(-c2ccco2)nc1C1CC1. The molecule has 0 atom stereocenters.